The zero-order chi connectivity index (χ0) is 8.48. The molecule has 1 rings (SSSR count). The lowest BCUT2D eigenvalue weighted by Gasteiger charge is -2.32. The molecule has 1 aliphatic rings. The molecular formula is C5H10FO4P. The van der Waals surface area contributed by atoms with Gasteiger partial charge in [0.05, 0.1) is 0 Å². The van der Waals surface area contributed by atoms with Crippen LogP contribution < -0.4 is 0 Å². The second-order valence-electron chi connectivity index (χ2n) is 2.29. The van der Waals surface area contributed by atoms with Gasteiger partial charge in [-0.15, -0.1) is 0 Å². The molecule has 0 aromatic rings. The van der Waals surface area contributed by atoms with Crippen molar-refractivity contribution < 1.29 is 22.7 Å². The van der Waals surface area contributed by atoms with E-state index in [1.807, 2.05) is 0 Å². The zero-order valence-corrected chi connectivity index (χ0v) is 7.30. The number of halogens is 1. The summed E-state index contributed by atoms with van der Waals surface area (Å²) in [6.07, 6.45) is -0.840. The van der Waals surface area contributed by atoms with E-state index >= 15 is 0 Å². The number of hydrogen-bond donors (Lipinski definition) is 0. The summed E-state index contributed by atoms with van der Waals surface area (Å²) in [6.45, 7) is 1.12. The lowest BCUT2D eigenvalue weighted by Crippen LogP contribution is -2.45. The molecule has 0 spiro atoms. The molecule has 0 aromatic carbocycles. The Morgan fingerprint density at radius 2 is 2.45 bits per heavy atom. The van der Waals surface area contributed by atoms with Crippen LogP contribution in [0.2, 0.25) is 0 Å². The summed E-state index contributed by atoms with van der Waals surface area (Å²) in [5.41, 5.74) is 0. The predicted octanol–water partition coefficient (Wildman–Crippen LogP) is 1.12. The van der Waals surface area contributed by atoms with E-state index in [4.69, 9.17) is 0 Å². The Hall–Kier alpha value is 0.0400. The zero-order valence-electron chi connectivity index (χ0n) is 6.30. The maximum absolute atomic E-state index is 13.3. The van der Waals surface area contributed by atoms with E-state index in [-0.39, 0.29) is 6.61 Å². The van der Waals surface area contributed by atoms with Crippen molar-refractivity contribution in [2.75, 3.05) is 13.7 Å². The van der Waals surface area contributed by atoms with Gasteiger partial charge in [-0.05, 0) is 6.92 Å². The van der Waals surface area contributed by atoms with Gasteiger partial charge >= 0.3 is 8.25 Å². The van der Waals surface area contributed by atoms with Gasteiger partial charge in [0.1, 0.15) is 12.7 Å². The molecule has 0 bridgehead atoms. The van der Waals surface area contributed by atoms with E-state index in [1.54, 1.807) is 0 Å². The average Bonchev–Trinajstić information content (AvgIpc) is 1.98. The van der Waals surface area contributed by atoms with E-state index in [2.05, 4.69) is 13.8 Å². The van der Waals surface area contributed by atoms with Gasteiger partial charge in [-0.25, -0.2) is 4.39 Å². The fourth-order valence-electron chi connectivity index (χ4n) is 0.766. The first-order valence-corrected chi connectivity index (χ1v) is 4.38. The maximum atomic E-state index is 13.3. The summed E-state index contributed by atoms with van der Waals surface area (Å²) in [6, 6.07) is 0. The van der Waals surface area contributed by atoms with Gasteiger partial charge in [-0.3, -0.25) is 4.57 Å². The fourth-order valence-corrected chi connectivity index (χ4v) is 1.61. The summed E-state index contributed by atoms with van der Waals surface area (Å²) in [5, 5.41) is 0. The van der Waals surface area contributed by atoms with Crippen LogP contribution in [-0.4, -0.2) is 25.7 Å². The molecule has 0 aliphatic carbocycles. The number of ether oxygens (including phenoxy) is 1. The van der Waals surface area contributed by atoms with Gasteiger partial charge in [-0.2, -0.15) is 0 Å². The summed E-state index contributed by atoms with van der Waals surface area (Å²) in [7, 11) is -1.28. The molecule has 1 aliphatic heterocycles. The first-order valence-electron chi connectivity index (χ1n) is 3.16. The Morgan fingerprint density at radius 1 is 1.82 bits per heavy atom. The first-order chi connectivity index (χ1) is 5.08. The predicted molar refractivity (Wildman–Crippen MR) is 36.3 cm³/mol. The fraction of sp³-hybridized carbons (Fsp3) is 1.00. The van der Waals surface area contributed by atoms with Crippen molar-refractivity contribution in [2.24, 2.45) is 0 Å². The van der Waals surface area contributed by atoms with E-state index in [0.717, 1.165) is 0 Å². The average molecular weight is 184 g/mol. The van der Waals surface area contributed by atoms with Crippen molar-refractivity contribution in [2.45, 2.75) is 18.9 Å². The molecule has 0 N–H and O–H groups in total. The molecule has 0 aromatic heterocycles. The van der Waals surface area contributed by atoms with Crippen LogP contribution in [0.4, 0.5) is 4.39 Å². The second-order valence-corrected chi connectivity index (χ2v) is 3.31. The van der Waals surface area contributed by atoms with Crippen LogP contribution in [0, 0.1) is 0 Å². The summed E-state index contributed by atoms with van der Waals surface area (Å²) in [5.74, 6) is -1.96. The largest absolute Gasteiger partial charge is 0.345 e. The summed E-state index contributed by atoms with van der Waals surface area (Å²) < 4.78 is 37.5. The Bertz CT molecular complexity index is 176. The quantitative estimate of drug-likeness (QED) is 0.573. The molecule has 0 amide bonds. The molecule has 6 heteroatoms. The molecule has 4 nitrogen and oxygen atoms in total. The van der Waals surface area contributed by atoms with Crippen LogP contribution in [0.15, 0.2) is 0 Å². The Kier molecular flexibility index (Phi) is 2.65. The monoisotopic (exact) mass is 184 g/mol. The minimum Gasteiger partial charge on any atom is -0.345 e. The molecule has 0 saturated carbocycles. The molecule has 3 atom stereocenters. The number of rotatable bonds is 1. The van der Waals surface area contributed by atoms with Crippen LogP contribution in [0.25, 0.3) is 0 Å². The molecule has 1 heterocycles. The van der Waals surface area contributed by atoms with E-state index < -0.39 is 20.2 Å². The van der Waals surface area contributed by atoms with Crippen molar-refractivity contribution in [1.82, 2.24) is 0 Å². The minimum absolute atomic E-state index is 0.331. The Balaban J connectivity index is 2.63. The molecule has 1 unspecified atom stereocenters. The Labute approximate surface area is 64.6 Å². The molecule has 0 radical (unpaired) electrons. The summed E-state index contributed by atoms with van der Waals surface area (Å²) >= 11 is 0. The SMILES string of the molecule is CO[C@]1(F)CO[PH](=O)O[C@H]1C. The van der Waals surface area contributed by atoms with E-state index in [9.17, 15) is 8.96 Å². The van der Waals surface area contributed by atoms with E-state index in [0.29, 0.717) is 0 Å². The lowest BCUT2D eigenvalue weighted by molar-refractivity contribution is -0.212. The topological polar surface area (TPSA) is 44.8 Å². The van der Waals surface area contributed by atoms with Crippen molar-refractivity contribution in [3.05, 3.63) is 0 Å². The van der Waals surface area contributed by atoms with Crippen LogP contribution in [0.1, 0.15) is 6.92 Å². The van der Waals surface area contributed by atoms with Crippen LogP contribution >= 0.6 is 8.25 Å². The number of alkyl halides is 1. The third-order valence-corrected chi connectivity index (χ3v) is 2.53. The van der Waals surface area contributed by atoms with Gasteiger partial charge < -0.3 is 13.8 Å². The number of hydrogen-bond acceptors (Lipinski definition) is 4. The molecule has 11 heavy (non-hydrogen) atoms. The molecule has 1 fully saturated rings. The van der Waals surface area contributed by atoms with E-state index in [1.165, 1.54) is 14.0 Å². The van der Waals surface area contributed by atoms with Gasteiger partial charge in [0.15, 0.2) is 0 Å². The van der Waals surface area contributed by atoms with Gasteiger partial charge in [-0.1, -0.05) is 0 Å². The van der Waals surface area contributed by atoms with Crippen molar-refractivity contribution >= 4 is 8.25 Å². The molecule has 1 saturated heterocycles. The maximum Gasteiger partial charge on any atom is 0.319 e. The highest BCUT2D eigenvalue weighted by Crippen LogP contribution is 2.39. The highest BCUT2D eigenvalue weighted by Gasteiger charge is 2.43. The van der Waals surface area contributed by atoms with Gasteiger partial charge in [0.25, 0.3) is 5.85 Å². The number of methoxy groups -OCH3 is 1. The first kappa shape index (κ1) is 9.13. The molecular weight excluding hydrogens is 174 g/mol. The minimum atomic E-state index is -2.49. The van der Waals surface area contributed by atoms with Crippen molar-refractivity contribution in [1.29, 1.82) is 0 Å². The third-order valence-electron chi connectivity index (χ3n) is 1.61. The highest BCUT2D eigenvalue weighted by molar-refractivity contribution is 7.33. The van der Waals surface area contributed by atoms with Gasteiger partial charge in [0.2, 0.25) is 0 Å². The lowest BCUT2D eigenvalue weighted by atomic mass is 10.2. The Morgan fingerprint density at radius 3 is 2.91 bits per heavy atom. The van der Waals surface area contributed by atoms with Crippen LogP contribution in [-0.2, 0) is 18.3 Å². The normalized spacial score (nSPS) is 45.7. The standard InChI is InChI=1S/C5H10FO4P/c1-4-5(6,8-2)3-9-11(7)10-4/h4,11H,3H2,1-2H3/t4-,5+/m0/s1. The highest BCUT2D eigenvalue weighted by atomic mass is 31.1. The van der Waals surface area contributed by atoms with Crippen molar-refractivity contribution in [3.63, 3.8) is 0 Å². The van der Waals surface area contributed by atoms with Gasteiger partial charge in [0, 0.05) is 7.11 Å². The second kappa shape index (κ2) is 3.19. The van der Waals surface area contributed by atoms with Crippen molar-refractivity contribution in [3.8, 4) is 0 Å². The summed E-state index contributed by atoms with van der Waals surface area (Å²) in [4.78, 5) is 0. The van der Waals surface area contributed by atoms with Crippen LogP contribution in [0.3, 0.4) is 0 Å². The third kappa shape index (κ3) is 1.79. The molecule has 66 valence electrons. The van der Waals surface area contributed by atoms with Crippen LogP contribution in [0.5, 0.6) is 0 Å². The smallest absolute Gasteiger partial charge is 0.319 e.